The molecular formula is C12H10N4O6. The third-order valence-corrected chi connectivity index (χ3v) is 2.71. The van der Waals surface area contributed by atoms with Gasteiger partial charge in [0.2, 0.25) is 0 Å². The van der Waals surface area contributed by atoms with Crippen molar-refractivity contribution in [1.82, 2.24) is 5.43 Å². The van der Waals surface area contributed by atoms with Gasteiger partial charge in [0.1, 0.15) is 6.21 Å². The van der Waals surface area contributed by atoms with Gasteiger partial charge in [-0.1, -0.05) is 12.1 Å². The molecule has 0 radical (unpaired) electrons. The van der Waals surface area contributed by atoms with E-state index in [9.17, 15) is 20.0 Å². The van der Waals surface area contributed by atoms with Crippen molar-refractivity contribution >= 4 is 29.3 Å². The molecule has 0 aliphatic heterocycles. The van der Waals surface area contributed by atoms with Gasteiger partial charge < -0.3 is 20.3 Å². The second kappa shape index (κ2) is 5.91. The minimum Gasteiger partial charge on any atom is -0.617 e. The molecule has 10 nitrogen and oxygen atoms in total. The Bertz CT molecular complexity index is 789. The van der Waals surface area contributed by atoms with E-state index >= 15 is 0 Å². The molecule has 2 rings (SSSR count). The monoisotopic (exact) mass is 306 g/mol. The summed E-state index contributed by atoms with van der Waals surface area (Å²) in [6.07, 6.45) is -0.157. The number of benzene rings is 1. The second-order valence-electron chi connectivity index (χ2n) is 3.98. The number of rotatable bonds is 3. The SMILES string of the molecule is COC(=O)NN=Cc1c(C(=O)O)[n+]([O-])c2ccccc2[n+]1[O-]. The molecule has 2 aromatic rings. The summed E-state index contributed by atoms with van der Waals surface area (Å²) in [7, 11) is 1.10. The highest BCUT2D eigenvalue weighted by Crippen LogP contribution is 2.08. The predicted molar refractivity (Wildman–Crippen MR) is 72.0 cm³/mol. The van der Waals surface area contributed by atoms with Crippen LogP contribution >= 0.6 is 0 Å². The molecule has 0 aliphatic rings. The number of fused-ring (bicyclic) bond motifs is 1. The van der Waals surface area contributed by atoms with Crippen LogP contribution in [0.2, 0.25) is 0 Å². The first-order valence-corrected chi connectivity index (χ1v) is 5.85. The van der Waals surface area contributed by atoms with Crippen LogP contribution in [0.3, 0.4) is 0 Å². The van der Waals surface area contributed by atoms with Crippen LogP contribution in [0.5, 0.6) is 0 Å². The number of para-hydroxylation sites is 2. The minimum absolute atomic E-state index is 0.0398. The quantitative estimate of drug-likeness (QED) is 0.338. The number of ether oxygens (including phenoxy) is 1. The molecule has 0 atom stereocenters. The summed E-state index contributed by atoms with van der Waals surface area (Å²) in [4.78, 5) is 22.1. The zero-order chi connectivity index (χ0) is 16.3. The lowest BCUT2D eigenvalue weighted by molar-refractivity contribution is -0.631. The second-order valence-corrected chi connectivity index (χ2v) is 3.98. The average molecular weight is 306 g/mol. The Kier molecular flexibility index (Phi) is 4.02. The summed E-state index contributed by atoms with van der Waals surface area (Å²) in [5.41, 5.74) is 0.404. The molecule has 10 heteroatoms. The first kappa shape index (κ1) is 15.0. The summed E-state index contributed by atoms with van der Waals surface area (Å²) < 4.78 is 4.62. The van der Waals surface area contributed by atoms with E-state index in [4.69, 9.17) is 5.11 Å². The Morgan fingerprint density at radius 3 is 2.41 bits per heavy atom. The Morgan fingerprint density at radius 1 is 1.27 bits per heavy atom. The largest absolute Gasteiger partial charge is 0.617 e. The van der Waals surface area contributed by atoms with Crippen molar-refractivity contribution in [2.24, 2.45) is 5.10 Å². The van der Waals surface area contributed by atoms with Crippen LogP contribution in [0.1, 0.15) is 16.2 Å². The molecule has 0 saturated carbocycles. The van der Waals surface area contributed by atoms with E-state index in [1.807, 2.05) is 5.43 Å². The summed E-state index contributed by atoms with van der Waals surface area (Å²) in [6.45, 7) is 0. The highest BCUT2D eigenvalue weighted by Gasteiger charge is 2.32. The molecule has 114 valence electrons. The number of aromatic carboxylic acids is 1. The molecule has 2 N–H and O–H groups in total. The number of carbonyl (C=O) groups excluding carboxylic acids is 1. The summed E-state index contributed by atoms with van der Waals surface area (Å²) in [6, 6.07) is 5.68. The zero-order valence-corrected chi connectivity index (χ0v) is 11.2. The lowest BCUT2D eigenvalue weighted by Gasteiger charge is -2.08. The van der Waals surface area contributed by atoms with E-state index in [1.165, 1.54) is 24.3 Å². The molecular weight excluding hydrogens is 296 g/mol. The summed E-state index contributed by atoms with van der Waals surface area (Å²) in [5.74, 6) is -1.61. The van der Waals surface area contributed by atoms with Gasteiger partial charge in [-0.2, -0.15) is 9.83 Å². The van der Waals surface area contributed by atoms with Gasteiger partial charge in [-0.25, -0.2) is 15.0 Å². The van der Waals surface area contributed by atoms with Crippen LogP contribution in [0.4, 0.5) is 4.79 Å². The Morgan fingerprint density at radius 2 is 1.86 bits per heavy atom. The summed E-state index contributed by atoms with van der Waals surface area (Å²) >= 11 is 0. The van der Waals surface area contributed by atoms with Gasteiger partial charge in [0, 0.05) is 12.1 Å². The molecule has 0 spiro atoms. The average Bonchev–Trinajstić information content (AvgIpc) is 2.51. The van der Waals surface area contributed by atoms with Gasteiger partial charge >= 0.3 is 23.5 Å². The Balaban J connectivity index is 2.65. The smallest absolute Gasteiger partial charge is 0.427 e. The predicted octanol–water partition coefficient (Wildman–Crippen LogP) is -0.505. The number of hydrogen-bond donors (Lipinski definition) is 2. The van der Waals surface area contributed by atoms with Crippen molar-refractivity contribution in [3.63, 3.8) is 0 Å². The number of carboxylic acid groups (broad SMARTS) is 1. The molecule has 0 saturated heterocycles. The van der Waals surface area contributed by atoms with E-state index < -0.39 is 23.5 Å². The van der Waals surface area contributed by atoms with E-state index in [1.54, 1.807) is 0 Å². The Labute approximate surface area is 123 Å². The first-order valence-electron chi connectivity index (χ1n) is 5.85. The van der Waals surface area contributed by atoms with Crippen LogP contribution in [0.25, 0.3) is 11.0 Å². The van der Waals surface area contributed by atoms with Crippen LogP contribution in [0.15, 0.2) is 29.4 Å². The number of nitrogens with zero attached hydrogens (tertiary/aromatic N) is 3. The van der Waals surface area contributed by atoms with Crippen molar-refractivity contribution in [2.45, 2.75) is 0 Å². The number of nitrogens with one attached hydrogen (secondary N) is 1. The van der Waals surface area contributed by atoms with Crippen molar-refractivity contribution in [2.75, 3.05) is 7.11 Å². The lowest BCUT2D eigenvalue weighted by atomic mass is 10.2. The van der Waals surface area contributed by atoms with Crippen molar-refractivity contribution in [3.05, 3.63) is 46.1 Å². The molecule has 1 aromatic carbocycles. The van der Waals surface area contributed by atoms with Gasteiger partial charge in [0.15, 0.2) is 0 Å². The van der Waals surface area contributed by atoms with Gasteiger partial charge in [0.05, 0.1) is 7.11 Å². The molecule has 1 aromatic heterocycles. The van der Waals surface area contributed by atoms with Crippen LogP contribution in [-0.2, 0) is 4.74 Å². The molecule has 0 bridgehead atoms. The molecule has 0 unspecified atom stereocenters. The highest BCUT2D eigenvalue weighted by molar-refractivity contribution is 5.94. The minimum atomic E-state index is -1.61. The number of amides is 1. The molecule has 0 aliphatic carbocycles. The van der Waals surface area contributed by atoms with Crippen LogP contribution in [-0.4, -0.2) is 30.5 Å². The van der Waals surface area contributed by atoms with E-state index in [0.717, 1.165) is 13.3 Å². The van der Waals surface area contributed by atoms with E-state index in [2.05, 4.69) is 9.84 Å². The number of carbonyl (C=O) groups is 2. The lowest BCUT2D eigenvalue weighted by Crippen LogP contribution is -2.47. The van der Waals surface area contributed by atoms with Gasteiger partial charge in [-0.05, 0) is 0 Å². The van der Waals surface area contributed by atoms with Crippen LogP contribution in [0, 0.1) is 10.4 Å². The van der Waals surface area contributed by atoms with Crippen LogP contribution < -0.4 is 14.9 Å². The highest BCUT2D eigenvalue weighted by atomic mass is 16.5. The van der Waals surface area contributed by atoms with Gasteiger partial charge in [-0.3, -0.25) is 0 Å². The number of hydrazone groups is 1. The fourth-order valence-corrected chi connectivity index (χ4v) is 1.76. The number of carboxylic acids is 1. The maximum atomic E-state index is 12.2. The number of aromatic nitrogens is 2. The normalized spacial score (nSPS) is 10.8. The topological polar surface area (TPSA) is 142 Å². The van der Waals surface area contributed by atoms with Crippen molar-refractivity contribution in [1.29, 1.82) is 0 Å². The Hall–Kier alpha value is -3.43. The standard InChI is InChI=1S/C12H10N4O6/c1-22-12(19)14-13-6-9-10(11(17)18)16(21)8-5-3-2-4-7(8)15(9)20/h2-6H,1H3,(H,14,19)(H,17,18). The number of hydrogen-bond acceptors (Lipinski definition) is 6. The summed E-state index contributed by atoms with van der Waals surface area (Å²) in [5, 5.41) is 36.8. The molecule has 0 fully saturated rings. The third kappa shape index (κ3) is 2.57. The third-order valence-electron chi connectivity index (χ3n) is 2.71. The first-order chi connectivity index (χ1) is 10.5. The van der Waals surface area contributed by atoms with Gasteiger partial charge in [-0.15, -0.1) is 4.73 Å². The maximum Gasteiger partial charge on any atom is 0.427 e. The zero-order valence-electron chi connectivity index (χ0n) is 11.2. The van der Waals surface area contributed by atoms with Crippen molar-refractivity contribution < 1.29 is 28.9 Å². The molecule has 22 heavy (non-hydrogen) atoms. The molecule has 1 amide bonds. The fraction of sp³-hybridized carbons (Fsp3) is 0.0833. The van der Waals surface area contributed by atoms with E-state index in [-0.39, 0.29) is 20.5 Å². The van der Waals surface area contributed by atoms with Gasteiger partial charge in [0.25, 0.3) is 11.0 Å². The maximum absolute atomic E-state index is 12.2. The fourth-order valence-electron chi connectivity index (χ4n) is 1.76. The van der Waals surface area contributed by atoms with Crippen molar-refractivity contribution in [3.8, 4) is 0 Å². The van der Waals surface area contributed by atoms with E-state index in [0.29, 0.717) is 0 Å². The number of methoxy groups -OCH3 is 1. The molecule has 1 heterocycles.